The van der Waals surface area contributed by atoms with Gasteiger partial charge in [-0.3, -0.25) is 9.59 Å². The molecule has 0 saturated heterocycles. The van der Waals surface area contributed by atoms with E-state index in [0.717, 1.165) is 46.8 Å². The molecule has 0 aliphatic heterocycles. The van der Waals surface area contributed by atoms with Crippen molar-refractivity contribution in [3.8, 4) is 0 Å². The molecule has 1 aromatic heterocycles. The normalized spacial score (nSPS) is 17.4. The van der Waals surface area contributed by atoms with Crippen LogP contribution in [-0.4, -0.2) is 41.3 Å². The van der Waals surface area contributed by atoms with E-state index in [1.807, 2.05) is 56.3 Å². The highest BCUT2D eigenvalue weighted by molar-refractivity contribution is 9.10. The second-order valence-corrected chi connectivity index (χ2v) is 10.7. The van der Waals surface area contributed by atoms with E-state index in [4.69, 9.17) is 9.15 Å². The fraction of sp³-hybridized carbons (Fsp3) is 0.464. The maximum atomic E-state index is 13.5. The lowest BCUT2D eigenvalue weighted by Crippen LogP contribution is -2.61. The van der Waals surface area contributed by atoms with Gasteiger partial charge in [-0.15, -0.1) is 0 Å². The van der Waals surface area contributed by atoms with E-state index in [9.17, 15) is 14.4 Å². The van der Waals surface area contributed by atoms with Crippen LogP contribution in [0.2, 0.25) is 0 Å². The monoisotopic (exact) mass is 556 g/mol. The molecule has 2 N–H and O–H groups in total. The van der Waals surface area contributed by atoms with Gasteiger partial charge in [0.25, 0.3) is 0 Å². The molecule has 1 aliphatic rings. The Hall–Kier alpha value is -2.87. The van der Waals surface area contributed by atoms with Crippen LogP contribution in [-0.2, 0) is 25.5 Å². The second kappa shape index (κ2) is 11.0. The van der Waals surface area contributed by atoms with E-state index < -0.39 is 17.6 Å². The van der Waals surface area contributed by atoms with Crippen molar-refractivity contribution in [1.82, 2.24) is 10.6 Å². The first-order chi connectivity index (χ1) is 17.3. The Labute approximate surface area is 219 Å². The predicted molar refractivity (Wildman–Crippen MR) is 143 cm³/mol. The van der Waals surface area contributed by atoms with Crippen molar-refractivity contribution in [3.63, 3.8) is 0 Å². The number of hydrogen-bond acceptors (Lipinski definition) is 5. The molecule has 192 valence electrons. The van der Waals surface area contributed by atoms with Crippen LogP contribution in [0, 0.1) is 5.92 Å². The van der Waals surface area contributed by atoms with Crippen LogP contribution in [0.15, 0.2) is 46.9 Å². The summed E-state index contributed by atoms with van der Waals surface area (Å²) in [7, 11) is 1.30. The molecule has 36 heavy (non-hydrogen) atoms. The number of fused-ring (bicyclic) bond motifs is 3. The fourth-order valence-electron chi connectivity index (χ4n) is 4.92. The summed E-state index contributed by atoms with van der Waals surface area (Å²) in [4.78, 5) is 38.8. The summed E-state index contributed by atoms with van der Waals surface area (Å²) in [6, 6.07) is 12.7. The minimum absolute atomic E-state index is 0.127. The van der Waals surface area contributed by atoms with E-state index >= 15 is 0 Å². The number of esters is 1. The highest BCUT2D eigenvalue weighted by Crippen LogP contribution is 2.32. The molecule has 1 fully saturated rings. The summed E-state index contributed by atoms with van der Waals surface area (Å²) >= 11 is 3.48. The Morgan fingerprint density at radius 3 is 2.47 bits per heavy atom. The molecule has 2 amide bonds. The summed E-state index contributed by atoms with van der Waals surface area (Å²) < 4.78 is 11.0. The standard InChI is InChI=1S/C28H33BrN2O5/c1-4-17(2)24(29)25(32)31-28(13-7-8-14-28)27(34)30-21(26(33)35-3)15-18-11-12-20-19-9-5-6-10-22(19)36-23(20)16-18/h5-6,9-12,16-17,21,24H,4,7-8,13-15H2,1-3H3,(H,30,34)(H,31,32)/t17-,21?,24-/m1/s1. The molecule has 4 rings (SSSR count). The van der Waals surface area contributed by atoms with E-state index in [2.05, 4.69) is 26.6 Å². The van der Waals surface area contributed by atoms with Gasteiger partial charge in [0.1, 0.15) is 22.7 Å². The molecule has 1 unspecified atom stereocenters. The summed E-state index contributed by atoms with van der Waals surface area (Å²) in [5, 5.41) is 7.91. The van der Waals surface area contributed by atoms with Gasteiger partial charge in [-0.1, -0.05) is 79.4 Å². The molecule has 0 radical (unpaired) electrons. The predicted octanol–water partition coefficient (Wildman–Crippen LogP) is 5.02. The average Bonchev–Trinajstić information content (AvgIpc) is 3.51. The van der Waals surface area contributed by atoms with Gasteiger partial charge in [-0.05, 0) is 36.5 Å². The van der Waals surface area contributed by atoms with Crippen molar-refractivity contribution < 1.29 is 23.5 Å². The Bertz CT molecular complexity index is 1260. The average molecular weight is 557 g/mol. The minimum Gasteiger partial charge on any atom is -0.467 e. The number of para-hydroxylation sites is 1. The third-order valence-electron chi connectivity index (χ3n) is 7.32. The number of alkyl halides is 1. The molecular weight excluding hydrogens is 524 g/mol. The van der Waals surface area contributed by atoms with E-state index in [-0.39, 0.29) is 29.0 Å². The van der Waals surface area contributed by atoms with Gasteiger partial charge in [-0.25, -0.2) is 4.79 Å². The number of rotatable bonds is 9. The summed E-state index contributed by atoms with van der Waals surface area (Å²) in [6.45, 7) is 4.01. The first kappa shape index (κ1) is 26.2. The second-order valence-electron chi connectivity index (χ2n) is 9.75. The zero-order chi connectivity index (χ0) is 25.9. The molecule has 1 heterocycles. The SMILES string of the molecule is CC[C@@H](C)[C@@H](Br)C(=O)NC1(C(=O)NC(Cc2ccc3c(c2)oc2ccccc23)C(=O)OC)CCCC1. The zero-order valence-corrected chi connectivity index (χ0v) is 22.5. The van der Waals surface area contributed by atoms with Crippen LogP contribution in [0.5, 0.6) is 0 Å². The van der Waals surface area contributed by atoms with E-state index in [1.165, 1.54) is 7.11 Å². The number of furan rings is 1. The molecular formula is C28H33BrN2O5. The van der Waals surface area contributed by atoms with E-state index in [1.54, 1.807) is 0 Å². The Kier molecular flexibility index (Phi) is 8.03. The van der Waals surface area contributed by atoms with Gasteiger partial charge >= 0.3 is 5.97 Å². The maximum Gasteiger partial charge on any atom is 0.328 e. The van der Waals surface area contributed by atoms with Gasteiger partial charge in [0, 0.05) is 17.2 Å². The summed E-state index contributed by atoms with van der Waals surface area (Å²) in [6.07, 6.45) is 3.80. The lowest BCUT2D eigenvalue weighted by molar-refractivity contribution is -0.146. The van der Waals surface area contributed by atoms with Crippen molar-refractivity contribution in [2.45, 2.75) is 68.8 Å². The number of carbonyl (C=O) groups excluding carboxylic acids is 3. The first-order valence-electron chi connectivity index (χ1n) is 12.5. The van der Waals surface area contributed by atoms with Gasteiger partial charge in [-0.2, -0.15) is 0 Å². The van der Waals surface area contributed by atoms with Gasteiger partial charge in [0.05, 0.1) is 11.9 Å². The number of nitrogens with one attached hydrogen (secondary N) is 2. The third-order valence-corrected chi connectivity index (χ3v) is 8.64. The Morgan fingerprint density at radius 2 is 1.78 bits per heavy atom. The molecule has 1 aliphatic carbocycles. The Morgan fingerprint density at radius 1 is 1.08 bits per heavy atom. The highest BCUT2D eigenvalue weighted by atomic mass is 79.9. The molecule has 3 aromatic rings. The molecule has 1 saturated carbocycles. The lowest BCUT2D eigenvalue weighted by Gasteiger charge is -2.32. The first-order valence-corrected chi connectivity index (χ1v) is 13.4. The molecule has 8 heteroatoms. The molecule has 7 nitrogen and oxygen atoms in total. The number of halogens is 1. The number of hydrogen-bond donors (Lipinski definition) is 2. The number of ether oxygens (including phenoxy) is 1. The minimum atomic E-state index is -1.04. The smallest absolute Gasteiger partial charge is 0.328 e. The van der Waals surface area contributed by atoms with Crippen LogP contribution in [0.4, 0.5) is 0 Å². The van der Waals surface area contributed by atoms with Crippen molar-refractivity contribution in [3.05, 3.63) is 48.0 Å². The van der Waals surface area contributed by atoms with Crippen molar-refractivity contribution in [1.29, 1.82) is 0 Å². The highest BCUT2D eigenvalue weighted by Gasteiger charge is 2.44. The van der Waals surface area contributed by atoms with Crippen molar-refractivity contribution >= 4 is 55.7 Å². The molecule has 2 aromatic carbocycles. The van der Waals surface area contributed by atoms with Crippen molar-refractivity contribution in [2.24, 2.45) is 5.92 Å². The molecule has 0 bridgehead atoms. The topological polar surface area (TPSA) is 97.6 Å². The van der Waals surface area contributed by atoms with Gasteiger partial charge in [0.15, 0.2) is 0 Å². The third kappa shape index (κ3) is 5.28. The summed E-state index contributed by atoms with van der Waals surface area (Å²) in [5.41, 5.74) is 1.31. The lowest BCUT2D eigenvalue weighted by atomic mass is 9.93. The van der Waals surface area contributed by atoms with E-state index in [0.29, 0.717) is 12.8 Å². The quantitative estimate of drug-likeness (QED) is 0.284. The van der Waals surface area contributed by atoms with Crippen LogP contribution in [0.3, 0.4) is 0 Å². The zero-order valence-electron chi connectivity index (χ0n) is 20.9. The number of carbonyl (C=O) groups is 3. The van der Waals surface area contributed by atoms with Gasteiger partial charge < -0.3 is 19.8 Å². The van der Waals surface area contributed by atoms with Crippen molar-refractivity contribution in [2.75, 3.05) is 7.11 Å². The number of amides is 2. The summed E-state index contributed by atoms with van der Waals surface area (Å²) in [5.74, 6) is -0.961. The van der Waals surface area contributed by atoms with Crippen LogP contribution < -0.4 is 10.6 Å². The van der Waals surface area contributed by atoms with Crippen LogP contribution in [0.1, 0.15) is 51.5 Å². The molecule has 3 atom stereocenters. The van der Waals surface area contributed by atoms with Crippen LogP contribution in [0.25, 0.3) is 21.9 Å². The number of methoxy groups -OCH3 is 1. The van der Waals surface area contributed by atoms with Gasteiger partial charge in [0.2, 0.25) is 11.8 Å². The molecule has 0 spiro atoms. The fourth-order valence-corrected chi connectivity index (χ4v) is 5.41. The van der Waals surface area contributed by atoms with Crippen LogP contribution >= 0.6 is 15.9 Å². The number of benzene rings is 2. The maximum absolute atomic E-state index is 13.5. The largest absolute Gasteiger partial charge is 0.467 e. The Balaban J connectivity index is 1.54.